The van der Waals surface area contributed by atoms with E-state index >= 15 is 0 Å². The summed E-state index contributed by atoms with van der Waals surface area (Å²) in [7, 11) is 1.74. The molecule has 1 aliphatic heterocycles. The second-order valence-electron chi connectivity index (χ2n) is 9.94. The van der Waals surface area contributed by atoms with Gasteiger partial charge in [-0.3, -0.25) is 24.1 Å². The van der Waals surface area contributed by atoms with Crippen molar-refractivity contribution in [3.8, 4) is 22.4 Å². The average Bonchev–Trinajstić information content (AvgIpc) is 2.99. The maximum absolute atomic E-state index is 13.7. The minimum absolute atomic E-state index is 0.156. The van der Waals surface area contributed by atoms with Gasteiger partial charge in [-0.1, -0.05) is 37.1 Å². The molecule has 1 amide bonds. The maximum atomic E-state index is 13.7. The van der Waals surface area contributed by atoms with Gasteiger partial charge in [-0.15, -0.1) is 0 Å². The Bertz CT molecular complexity index is 1680. The summed E-state index contributed by atoms with van der Waals surface area (Å²) in [4.78, 5) is 40.1. The molecule has 41 heavy (non-hydrogen) atoms. The predicted molar refractivity (Wildman–Crippen MR) is 160 cm³/mol. The summed E-state index contributed by atoms with van der Waals surface area (Å²) in [5.74, 6) is -0.433. The van der Waals surface area contributed by atoms with E-state index in [-0.39, 0.29) is 17.4 Å². The summed E-state index contributed by atoms with van der Waals surface area (Å²) >= 11 is 6.35. The molecule has 4 aromatic rings. The number of fused-ring (bicyclic) bond motifs is 2. The SMILES string of the molecule is CN/C1=C(\C=N)NC(=O)C(C)CCCC(n2cnc(-c3cc(Cl)ccc3-c3cccnc3)cc2=O)c2cc1ccn2. The van der Waals surface area contributed by atoms with E-state index < -0.39 is 6.04 Å². The highest BCUT2D eigenvalue weighted by Gasteiger charge is 2.23. The minimum Gasteiger partial charge on any atom is -0.386 e. The molecule has 4 heterocycles. The van der Waals surface area contributed by atoms with Gasteiger partial charge >= 0.3 is 0 Å². The first kappa shape index (κ1) is 27.9. The number of nitrogens with zero attached hydrogens (tertiary/aromatic N) is 4. The smallest absolute Gasteiger partial charge is 0.254 e. The molecule has 0 spiro atoms. The van der Waals surface area contributed by atoms with E-state index in [1.54, 1.807) is 54.7 Å². The van der Waals surface area contributed by atoms with Crippen LogP contribution in [0.15, 0.2) is 83.9 Å². The van der Waals surface area contributed by atoms with Crippen LogP contribution >= 0.6 is 11.6 Å². The van der Waals surface area contributed by atoms with E-state index in [1.165, 1.54) is 6.07 Å². The van der Waals surface area contributed by atoms with Gasteiger partial charge in [-0.2, -0.15) is 0 Å². The summed E-state index contributed by atoms with van der Waals surface area (Å²) in [5.41, 5.74) is 5.16. The summed E-state index contributed by atoms with van der Waals surface area (Å²) in [6, 6.07) is 14.1. The van der Waals surface area contributed by atoms with Gasteiger partial charge in [-0.25, -0.2) is 4.98 Å². The Balaban J connectivity index is 1.60. The van der Waals surface area contributed by atoms with Crippen LogP contribution in [0.4, 0.5) is 0 Å². The number of benzene rings is 1. The van der Waals surface area contributed by atoms with Gasteiger partial charge in [0.1, 0.15) is 0 Å². The van der Waals surface area contributed by atoms with Crippen molar-refractivity contribution in [3.05, 3.63) is 106 Å². The van der Waals surface area contributed by atoms with E-state index in [2.05, 4.69) is 20.6 Å². The van der Waals surface area contributed by atoms with Crippen LogP contribution in [0, 0.1) is 11.3 Å². The van der Waals surface area contributed by atoms with Crippen LogP contribution in [-0.2, 0) is 4.79 Å². The average molecular weight is 568 g/mol. The number of carbonyl (C=O) groups excluding carboxylic acids is 1. The summed E-state index contributed by atoms with van der Waals surface area (Å²) in [6.45, 7) is 1.86. The number of hydrogen-bond donors (Lipinski definition) is 3. The quantitative estimate of drug-likeness (QED) is 0.289. The van der Waals surface area contributed by atoms with Gasteiger partial charge in [0.05, 0.1) is 35.2 Å². The van der Waals surface area contributed by atoms with Crippen LogP contribution in [0.2, 0.25) is 5.02 Å². The maximum Gasteiger partial charge on any atom is 0.254 e. The van der Waals surface area contributed by atoms with Crippen molar-refractivity contribution in [2.75, 3.05) is 7.05 Å². The van der Waals surface area contributed by atoms with E-state index in [1.807, 2.05) is 31.2 Å². The number of amides is 1. The van der Waals surface area contributed by atoms with Gasteiger partial charge in [0.15, 0.2) is 0 Å². The molecule has 0 radical (unpaired) electrons. The second-order valence-corrected chi connectivity index (χ2v) is 10.4. The number of pyridine rings is 2. The van der Waals surface area contributed by atoms with Gasteiger partial charge in [0.25, 0.3) is 5.56 Å². The van der Waals surface area contributed by atoms with Crippen molar-refractivity contribution < 1.29 is 4.79 Å². The van der Waals surface area contributed by atoms with E-state index in [0.717, 1.165) is 28.5 Å². The lowest BCUT2D eigenvalue weighted by Crippen LogP contribution is -2.32. The Morgan fingerprint density at radius 1 is 1.05 bits per heavy atom. The summed E-state index contributed by atoms with van der Waals surface area (Å²) < 4.78 is 1.60. The monoisotopic (exact) mass is 567 g/mol. The number of carbonyl (C=O) groups is 1. The summed E-state index contributed by atoms with van der Waals surface area (Å²) in [5, 5.41) is 14.4. The van der Waals surface area contributed by atoms with E-state index in [0.29, 0.717) is 47.1 Å². The van der Waals surface area contributed by atoms with Crippen molar-refractivity contribution in [1.29, 1.82) is 5.41 Å². The third kappa shape index (κ3) is 5.95. The van der Waals surface area contributed by atoms with Crippen molar-refractivity contribution >= 4 is 29.4 Å². The molecule has 0 saturated carbocycles. The molecule has 1 aliphatic rings. The molecule has 208 valence electrons. The molecule has 2 unspecified atom stereocenters. The second kappa shape index (κ2) is 12.3. The fraction of sp³-hybridized carbons (Fsp3) is 0.226. The molecule has 9 nitrogen and oxygen atoms in total. The number of allylic oxidation sites excluding steroid dienone is 1. The van der Waals surface area contributed by atoms with Crippen molar-refractivity contribution in [2.45, 2.75) is 32.2 Å². The van der Waals surface area contributed by atoms with Gasteiger partial charge in [0.2, 0.25) is 5.91 Å². The van der Waals surface area contributed by atoms with Gasteiger partial charge in [-0.05, 0) is 48.7 Å². The van der Waals surface area contributed by atoms with Crippen LogP contribution in [0.3, 0.4) is 0 Å². The molecule has 2 bridgehead atoms. The largest absolute Gasteiger partial charge is 0.386 e. The Kier molecular flexibility index (Phi) is 8.35. The fourth-order valence-electron chi connectivity index (χ4n) is 5.12. The van der Waals surface area contributed by atoms with Gasteiger partial charge in [0, 0.05) is 65.6 Å². The molecule has 0 fully saturated rings. The number of halogens is 1. The highest BCUT2D eigenvalue weighted by molar-refractivity contribution is 6.31. The van der Waals surface area contributed by atoms with E-state index in [4.69, 9.17) is 22.0 Å². The molecular weight excluding hydrogens is 538 g/mol. The molecular formula is C31H30ClN7O2. The number of nitrogens with one attached hydrogen (secondary N) is 3. The lowest BCUT2D eigenvalue weighted by Gasteiger charge is -2.23. The lowest BCUT2D eigenvalue weighted by atomic mass is 9.96. The Morgan fingerprint density at radius 2 is 1.90 bits per heavy atom. The molecule has 1 aromatic carbocycles. The van der Waals surface area contributed by atoms with Gasteiger partial charge < -0.3 is 16.0 Å². The first-order chi connectivity index (χ1) is 19.9. The molecule has 0 saturated heterocycles. The molecule has 3 N–H and O–H groups in total. The lowest BCUT2D eigenvalue weighted by molar-refractivity contribution is -0.123. The van der Waals surface area contributed by atoms with Crippen molar-refractivity contribution in [3.63, 3.8) is 0 Å². The number of aromatic nitrogens is 4. The highest BCUT2D eigenvalue weighted by Crippen LogP contribution is 2.33. The zero-order valence-electron chi connectivity index (χ0n) is 22.8. The third-order valence-corrected chi connectivity index (χ3v) is 7.53. The van der Waals surface area contributed by atoms with Crippen LogP contribution in [-0.4, -0.2) is 38.7 Å². The fourth-order valence-corrected chi connectivity index (χ4v) is 5.29. The Morgan fingerprint density at radius 3 is 2.63 bits per heavy atom. The first-order valence-electron chi connectivity index (χ1n) is 13.4. The van der Waals surface area contributed by atoms with Crippen molar-refractivity contribution in [1.82, 2.24) is 30.2 Å². The van der Waals surface area contributed by atoms with Crippen LogP contribution < -0.4 is 16.2 Å². The Labute approximate surface area is 242 Å². The van der Waals surface area contributed by atoms with E-state index in [9.17, 15) is 9.59 Å². The molecule has 0 aliphatic carbocycles. The molecule has 3 aromatic heterocycles. The molecule has 10 heteroatoms. The molecule has 2 atom stereocenters. The molecule has 5 rings (SSSR count). The standard InChI is InChI=1S/C31H30ClN7O2/c1-19-5-3-7-28(26-13-20(10-12-36-26)30(34-2)27(16-33)38-31(19)41)39-18-37-25(15-29(39)40)24-14-22(32)8-9-23(24)21-6-4-11-35-17-21/h4,6,8-19,28,33-34H,3,5,7H2,1-2H3,(H,38,41)/b30-27+,33-16?. The predicted octanol–water partition coefficient (Wildman–Crippen LogP) is 5.08. The normalized spacial score (nSPS) is 19.4. The zero-order valence-corrected chi connectivity index (χ0v) is 23.5. The highest BCUT2D eigenvalue weighted by atomic mass is 35.5. The number of rotatable bonds is 5. The third-order valence-electron chi connectivity index (χ3n) is 7.30. The number of hydrogen-bond acceptors (Lipinski definition) is 7. The Hall–Kier alpha value is -4.63. The van der Waals surface area contributed by atoms with Crippen molar-refractivity contribution in [2.24, 2.45) is 5.92 Å². The van der Waals surface area contributed by atoms with Crippen LogP contribution in [0.1, 0.15) is 43.5 Å². The van der Waals surface area contributed by atoms with Crippen LogP contribution in [0.25, 0.3) is 28.1 Å². The zero-order chi connectivity index (χ0) is 28.9. The summed E-state index contributed by atoms with van der Waals surface area (Å²) in [6.07, 6.45) is 9.71. The van der Waals surface area contributed by atoms with Crippen LogP contribution in [0.5, 0.6) is 0 Å². The minimum atomic E-state index is -0.405. The topological polar surface area (TPSA) is 126 Å². The first-order valence-corrected chi connectivity index (χ1v) is 13.8.